The molecule has 0 aliphatic rings. The fourth-order valence-electron chi connectivity index (χ4n) is 2.47. The first-order chi connectivity index (χ1) is 12.6. The van der Waals surface area contributed by atoms with Crippen molar-refractivity contribution in [2.24, 2.45) is 0 Å². The van der Waals surface area contributed by atoms with Crippen LogP contribution in [0.1, 0.15) is 49.4 Å². The molecular formula is C21H26N2O3. The van der Waals surface area contributed by atoms with Gasteiger partial charge in [-0.1, -0.05) is 31.9 Å². The van der Waals surface area contributed by atoms with Crippen molar-refractivity contribution < 1.29 is 14.3 Å². The van der Waals surface area contributed by atoms with Crippen molar-refractivity contribution in [3.63, 3.8) is 0 Å². The molecule has 0 heterocycles. The number of hydrogen-bond donors (Lipinski definition) is 2. The number of ketones is 1. The van der Waals surface area contributed by atoms with Crippen LogP contribution >= 0.6 is 0 Å². The van der Waals surface area contributed by atoms with E-state index in [0.29, 0.717) is 23.5 Å². The summed E-state index contributed by atoms with van der Waals surface area (Å²) in [5.74, 6) is 0.459. The number of Topliss-reactive ketones (excluding diaryl/α,β-unsaturated/α-hetero) is 1. The van der Waals surface area contributed by atoms with Crippen LogP contribution in [-0.2, 0) is 4.79 Å². The van der Waals surface area contributed by atoms with Crippen LogP contribution in [0.15, 0.2) is 48.5 Å². The highest BCUT2D eigenvalue weighted by molar-refractivity contribution is 6.00. The molecule has 0 unspecified atom stereocenters. The molecule has 0 saturated carbocycles. The van der Waals surface area contributed by atoms with Crippen LogP contribution in [0.4, 0.5) is 11.4 Å². The number of nitrogen functional groups attached to an aromatic ring is 1. The average molecular weight is 354 g/mol. The van der Waals surface area contributed by atoms with Crippen molar-refractivity contribution in [3.05, 3.63) is 54.1 Å². The number of hydrogen-bond acceptors (Lipinski definition) is 4. The van der Waals surface area contributed by atoms with Gasteiger partial charge in [-0.05, 0) is 42.8 Å². The first-order valence-corrected chi connectivity index (χ1v) is 9.00. The Bertz CT molecular complexity index is 726. The number of nitrogens with two attached hydrogens (primary N) is 1. The zero-order valence-electron chi connectivity index (χ0n) is 15.2. The predicted octanol–water partition coefficient (Wildman–Crippen LogP) is 4.44. The van der Waals surface area contributed by atoms with Crippen molar-refractivity contribution in [1.82, 2.24) is 0 Å². The van der Waals surface area contributed by atoms with Gasteiger partial charge in [-0.3, -0.25) is 9.59 Å². The smallest absolute Gasteiger partial charge is 0.224 e. The molecule has 0 aliphatic heterocycles. The molecule has 3 N–H and O–H groups in total. The van der Waals surface area contributed by atoms with Crippen LogP contribution in [-0.4, -0.2) is 18.3 Å². The van der Waals surface area contributed by atoms with Crippen molar-refractivity contribution in [3.8, 4) is 5.75 Å². The minimum Gasteiger partial charge on any atom is -0.494 e. The Kier molecular flexibility index (Phi) is 7.68. The summed E-state index contributed by atoms with van der Waals surface area (Å²) in [5, 5.41) is 2.72. The molecule has 2 aromatic rings. The Hall–Kier alpha value is -2.82. The highest BCUT2D eigenvalue weighted by Crippen LogP contribution is 2.18. The Labute approximate surface area is 154 Å². The number of benzene rings is 2. The summed E-state index contributed by atoms with van der Waals surface area (Å²) in [7, 11) is 0. The summed E-state index contributed by atoms with van der Waals surface area (Å²) < 4.78 is 5.63. The highest BCUT2D eigenvalue weighted by Gasteiger charge is 2.10. The van der Waals surface area contributed by atoms with Crippen molar-refractivity contribution in [2.45, 2.75) is 39.0 Å². The maximum atomic E-state index is 12.2. The third kappa shape index (κ3) is 6.24. The number of para-hydroxylation sites is 2. The molecule has 0 spiro atoms. The summed E-state index contributed by atoms with van der Waals surface area (Å²) >= 11 is 0. The van der Waals surface area contributed by atoms with E-state index in [1.165, 1.54) is 0 Å². The van der Waals surface area contributed by atoms with E-state index in [-0.39, 0.29) is 24.5 Å². The van der Waals surface area contributed by atoms with E-state index in [0.717, 1.165) is 25.0 Å². The lowest BCUT2D eigenvalue weighted by molar-refractivity contribution is -0.116. The van der Waals surface area contributed by atoms with Gasteiger partial charge in [-0.15, -0.1) is 0 Å². The molecule has 26 heavy (non-hydrogen) atoms. The van der Waals surface area contributed by atoms with Gasteiger partial charge in [0.2, 0.25) is 5.91 Å². The lowest BCUT2D eigenvalue weighted by Crippen LogP contribution is -2.14. The molecule has 0 radical (unpaired) electrons. The van der Waals surface area contributed by atoms with Gasteiger partial charge in [0.15, 0.2) is 5.78 Å². The predicted molar refractivity (Wildman–Crippen MR) is 105 cm³/mol. The molecule has 0 atom stereocenters. The molecule has 5 heteroatoms. The van der Waals surface area contributed by atoms with Gasteiger partial charge in [0.1, 0.15) is 5.75 Å². The van der Waals surface area contributed by atoms with Crippen LogP contribution in [0.2, 0.25) is 0 Å². The van der Waals surface area contributed by atoms with E-state index in [9.17, 15) is 9.59 Å². The third-order valence-electron chi connectivity index (χ3n) is 4.01. The van der Waals surface area contributed by atoms with Crippen molar-refractivity contribution in [2.75, 3.05) is 17.7 Å². The molecule has 0 fully saturated rings. The van der Waals surface area contributed by atoms with Crippen LogP contribution in [0.3, 0.4) is 0 Å². The van der Waals surface area contributed by atoms with Crippen LogP contribution in [0.25, 0.3) is 0 Å². The number of nitrogens with one attached hydrogen (secondary N) is 1. The quantitative estimate of drug-likeness (QED) is 0.375. The molecule has 2 rings (SSSR count). The van der Waals surface area contributed by atoms with Gasteiger partial charge < -0.3 is 15.8 Å². The van der Waals surface area contributed by atoms with Gasteiger partial charge >= 0.3 is 0 Å². The number of ether oxygens (including phenoxy) is 1. The van der Waals surface area contributed by atoms with Crippen LogP contribution in [0, 0.1) is 0 Å². The minimum absolute atomic E-state index is 0.0706. The van der Waals surface area contributed by atoms with E-state index in [2.05, 4.69) is 12.2 Å². The van der Waals surface area contributed by atoms with Gasteiger partial charge in [-0.2, -0.15) is 0 Å². The van der Waals surface area contributed by atoms with E-state index in [4.69, 9.17) is 10.5 Å². The third-order valence-corrected chi connectivity index (χ3v) is 4.01. The lowest BCUT2D eigenvalue weighted by Gasteiger charge is -2.08. The van der Waals surface area contributed by atoms with Gasteiger partial charge in [0.25, 0.3) is 0 Å². The van der Waals surface area contributed by atoms with Gasteiger partial charge in [-0.25, -0.2) is 0 Å². The van der Waals surface area contributed by atoms with Crippen LogP contribution < -0.4 is 15.8 Å². The molecule has 5 nitrogen and oxygen atoms in total. The summed E-state index contributed by atoms with van der Waals surface area (Å²) in [6, 6.07) is 14.1. The van der Waals surface area contributed by atoms with E-state index in [1.54, 1.807) is 48.5 Å². The zero-order chi connectivity index (χ0) is 18.8. The Morgan fingerprint density at radius 1 is 1.00 bits per heavy atom. The maximum absolute atomic E-state index is 12.2. The highest BCUT2D eigenvalue weighted by atomic mass is 16.5. The summed E-state index contributed by atoms with van der Waals surface area (Å²) in [5.41, 5.74) is 7.44. The second kappa shape index (κ2) is 10.2. The summed E-state index contributed by atoms with van der Waals surface area (Å²) in [6.07, 6.45) is 3.59. The first-order valence-electron chi connectivity index (χ1n) is 9.00. The zero-order valence-corrected chi connectivity index (χ0v) is 15.2. The van der Waals surface area contributed by atoms with Gasteiger partial charge in [0, 0.05) is 18.4 Å². The standard InChI is InChI=1S/C21H26N2O3/c1-2-3-6-15-26-17-11-9-16(10-12-17)20(24)13-14-21(25)23-19-8-5-4-7-18(19)22/h4-5,7-12H,2-3,6,13-15,22H2,1H3,(H,23,25). The molecule has 0 aromatic heterocycles. The second-order valence-electron chi connectivity index (χ2n) is 6.14. The molecule has 2 aromatic carbocycles. The van der Waals surface area contributed by atoms with E-state index < -0.39 is 0 Å². The average Bonchev–Trinajstić information content (AvgIpc) is 2.66. The maximum Gasteiger partial charge on any atom is 0.224 e. The Balaban J connectivity index is 1.78. The Morgan fingerprint density at radius 2 is 1.73 bits per heavy atom. The first kappa shape index (κ1) is 19.5. The summed E-state index contributed by atoms with van der Waals surface area (Å²) in [4.78, 5) is 24.2. The molecule has 138 valence electrons. The Morgan fingerprint density at radius 3 is 2.42 bits per heavy atom. The molecule has 0 saturated heterocycles. The normalized spacial score (nSPS) is 10.3. The molecule has 1 amide bonds. The SMILES string of the molecule is CCCCCOc1ccc(C(=O)CCC(=O)Nc2ccccc2N)cc1. The van der Waals surface area contributed by atoms with E-state index in [1.807, 2.05) is 0 Å². The molecule has 0 aliphatic carbocycles. The van der Waals surface area contributed by atoms with Crippen molar-refractivity contribution in [1.29, 1.82) is 0 Å². The van der Waals surface area contributed by atoms with Crippen molar-refractivity contribution >= 4 is 23.1 Å². The molecule has 0 bridgehead atoms. The topological polar surface area (TPSA) is 81.4 Å². The van der Waals surface area contributed by atoms with Crippen LogP contribution in [0.5, 0.6) is 5.75 Å². The number of anilines is 2. The summed E-state index contributed by atoms with van der Waals surface area (Å²) in [6.45, 7) is 2.83. The van der Waals surface area contributed by atoms with Gasteiger partial charge in [0.05, 0.1) is 18.0 Å². The molecular weight excluding hydrogens is 328 g/mol. The fourth-order valence-corrected chi connectivity index (χ4v) is 2.47. The fraction of sp³-hybridized carbons (Fsp3) is 0.333. The number of carbonyl (C=O) groups excluding carboxylic acids is 2. The number of carbonyl (C=O) groups is 2. The monoisotopic (exact) mass is 354 g/mol. The number of amides is 1. The lowest BCUT2D eigenvalue weighted by atomic mass is 10.1. The van der Waals surface area contributed by atoms with E-state index >= 15 is 0 Å². The number of rotatable bonds is 10. The number of unbranched alkanes of at least 4 members (excludes halogenated alkanes) is 2. The second-order valence-corrected chi connectivity index (χ2v) is 6.14. The largest absolute Gasteiger partial charge is 0.494 e. The minimum atomic E-state index is -0.230.